The van der Waals surface area contributed by atoms with Gasteiger partial charge in [0.25, 0.3) is 10.0 Å². The van der Waals surface area contributed by atoms with Gasteiger partial charge in [0.2, 0.25) is 0 Å². The number of halogens is 3. The molecule has 0 radical (unpaired) electrons. The Hall–Kier alpha value is -3.27. The Labute approximate surface area is 191 Å². The van der Waals surface area contributed by atoms with Gasteiger partial charge >= 0.3 is 0 Å². The third-order valence-electron chi connectivity index (χ3n) is 4.87. The average molecular weight is 488 g/mol. The van der Waals surface area contributed by atoms with E-state index in [9.17, 15) is 12.8 Å². The van der Waals surface area contributed by atoms with Crippen molar-refractivity contribution in [1.29, 1.82) is 0 Å². The minimum Gasteiger partial charge on any atom is -0.240 e. The van der Waals surface area contributed by atoms with Crippen LogP contribution < -0.4 is 0 Å². The molecule has 0 amide bonds. The molecule has 0 saturated heterocycles. The van der Waals surface area contributed by atoms with Crippen LogP contribution in [0.2, 0.25) is 10.3 Å². The Morgan fingerprint density at radius 1 is 0.938 bits per heavy atom. The van der Waals surface area contributed by atoms with Crippen molar-refractivity contribution < 1.29 is 12.8 Å². The number of rotatable bonds is 4. The molecule has 2 aromatic carbocycles. The predicted octanol–water partition coefficient (Wildman–Crippen LogP) is 4.97. The Bertz CT molecular complexity index is 1580. The first-order chi connectivity index (χ1) is 15.3. The molecule has 0 bridgehead atoms. The molecule has 7 nitrogen and oxygen atoms in total. The summed E-state index contributed by atoms with van der Waals surface area (Å²) in [5.41, 5.74) is 1.76. The molecule has 3 aromatic heterocycles. The first-order valence-electron chi connectivity index (χ1n) is 9.20. The zero-order valence-corrected chi connectivity index (χ0v) is 18.4. The van der Waals surface area contributed by atoms with Crippen LogP contribution in [-0.4, -0.2) is 32.4 Å². The lowest BCUT2D eigenvalue weighted by Crippen LogP contribution is -2.11. The number of aromatic nitrogens is 5. The highest BCUT2D eigenvalue weighted by Gasteiger charge is 2.23. The van der Waals surface area contributed by atoms with Gasteiger partial charge in [-0.15, -0.1) is 10.2 Å². The fourth-order valence-electron chi connectivity index (χ4n) is 3.40. The molecule has 0 spiro atoms. The van der Waals surface area contributed by atoms with Crippen molar-refractivity contribution in [2.75, 3.05) is 0 Å². The van der Waals surface area contributed by atoms with E-state index in [2.05, 4.69) is 15.3 Å². The zero-order chi connectivity index (χ0) is 22.5. The van der Waals surface area contributed by atoms with Gasteiger partial charge in [-0.1, -0.05) is 41.4 Å². The van der Waals surface area contributed by atoms with Gasteiger partial charge in [0, 0.05) is 35.0 Å². The van der Waals surface area contributed by atoms with Crippen LogP contribution in [0.25, 0.3) is 27.7 Å². The predicted molar refractivity (Wildman–Crippen MR) is 119 cm³/mol. The molecular weight excluding hydrogens is 476 g/mol. The molecule has 160 valence electrons. The normalized spacial score (nSPS) is 11.8. The molecule has 5 aromatic rings. The molecule has 0 aliphatic carbocycles. The highest BCUT2D eigenvalue weighted by Crippen LogP contribution is 2.34. The van der Waals surface area contributed by atoms with Gasteiger partial charge in [-0.2, -0.15) is 5.10 Å². The van der Waals surface area contributed by atoms with E-state index in [1.54, 1.807) is 30.6 Å². The minimum absolute atomic E-state index is 0.0905. The summed E-state index contributed by atoms with van der Waals surface area (Å²) in [6.07, 6.45) is 4.65. The van der Waals surface area contributed by atoms with Crippen molar-refractivity contribution in [3.05, 3.63) is 89.3 Å². The van der Waals surface area contributed by atoms with E-state index < -0.39 is 15.8 Å². The Morgan fingerprint density at radius 3 is 2.50 bits per heavy atom. The molecule has 0 N–H and O–H groups in total. The van der Waals surface area contributed by atoms with E-state index in [0.717, 1.165) is 3.97 Å². The maximum absolute atomic E-state index is 14.1. The number of nitrogens with zero attached hydrogens (tertiary/aromatic N) is 5. The van der Waals surface area contributed by atoms with Gasteiger partial charge in [-0.3, -0.25) is 0 Å². The number of fused-ring (bicyclic) bond motifs is 1. The van der Waals surface area contributed by atoms with Crippen molar-refractivity contribution >= 4 is 44.1 Å². The molecule has 0 aliphatic rings. The first kappa shape index (κ1) is 20.6. The van der Waals surface area contributed by atoms with E-state index in [4.69, 9.17) is 23.2 Å². The first-order valence-corrected chi connectivity index (χ1v) is 11.4. The minimum atomic E-state index is -3.96. The fourth-order valence-corrected chi connectivity index (χ4v) is 5.11. The highest BCUT2D eigenvalue weighted by molar-refractivity contribution is 7.90. The molecule has 32 heavy (non-hydrogen) atoms. The standard InChI is InChI=1S/C21H12Cl2FN5O2S/c22-20-9-19(21(23)27-26-20)28-11-13(10-25-28)17-12-29(18-8-14(24)6-7-16(17)18)32(30,31)15-4-2-1-3-5-15/h1-12H. The Balaban J connectivity index is 1.70. The second-order valence-corrected chi connectivity index (χ2v) is 9.40. The van der Waals surface area contributed by atoms with Crippen LogP contribution in [0.15, 0.2) is 78.1 Å². The topological polar surface area (TPSA) is 82.7 Å². The second kappa shape index (κ2) is 7.70. The highest BCUT2D eigenvalue weighted by atomic mass is 35.5. The van der Waals surface area contributed by atoms with Crippen molar-refractivity contribution in [3.63, 3.8) is 0 Å². The van der Waals surface area contributed by atoms with Crippen LogP contribution in [0.4, 0.5) is 4.39 Å². The summed E-state index contributed by atoms with van der Waals surface area (Å²) in [6.45, 7) is 0. The quantitative estimate of drug-likeness (QED) is 0.357. The maximum atomic E-state index is 14.1. The number of hydrogen-bond acceptors (Lipinski definition) is 5. The summed E-state index contributed by atoms with van der Waals surface area (Å²) < 4.78 is 43.2. The SMILES string of the molecule is O=S(=O)(c1ccccc1)n1cc(-c2cnn(-c3cc(Cl)nnc3Cl)c2)c2ccc(F)cc21. The monoisotopic (exact) mass is 487 g/mol. The van der Waals surface area contributed by atoms with Crippen LogP contribution >= 0.6 is 23.2 Å². The number of benzene rings is 2. The number of hydrogen-bond donors (Lipinski definition) is 0. The summed E-state index contributed by atoms with van der Waals surface area (Å²) in [6, 6.07) is 13.5. The zero-order valence-electron chi connectivity index (χ0n) is 16.0. The maximum Gasteiger partial charge on any atom is 0.268 e. The van der Waals surface area contributed by atoms with Gasteiger partial charge in [0.1, 0.15) is 11.5 Å². The summed E-state index contributed by atoms with van der Waals surface area (Å²) in [5, 5.41) is 12.5. The van der Waals surface area contributed by atoms with E-state index in [-0.39, 0.29) is 20.7 Å². The van der Waals surface area contributed by atoms with Gasteiger partial charge in [-0.25, -0.2) is 21.5 Å². The van der Waals surface area contributed by atoms with Gasteiger partial charge < -0.3 is 0 Å². The van der Waals surface area contributed by atoms with E-state index in [1.165, 1.54) is 47.3 Å². The Morgan fingerprint density at radius 2 is 1.72 bits per heavy atom. The van der Waals surface area contributed by atoms with Crippen LogP contribution in [-0.2, 0) is 10.0 Å². The van der Waals surface area contributed by atoms with Crippen LogP contribution in [0.1, 0.15) is 0 Å². The molecule has 0 saturated carbocycles. The van der Waals surface area contributed by atoms with Crippen molar-refractivity contribution in [1.82, 2.24) is 24.0 Å². The molecule has 0 unspecified atom stereocenters. The van der Waals surface area contributed by atoms with Crippen molar-refractivity contribution in [3.8, 4) is 16.8 Å². The third kappa shape index (κ3) is 3.44. The molecule has 0 atom stereocenters. The lowest BCUT2D eigenvalue weighted by atomic mass is 10.1. The van der Waals surface area contributed by atoms with Crippen LogP contribution in [0.3, 0.4) is 0 Å². The Kier molecular flexibility index (Phi) is 4.96. The summed E-state index contributed by atoms with van der Waals surface area (Å²) in [4.78, 5) is 0.0905. The molecule has 11 heteroatoms. The van der Waals surface area contributed by atoms with Crippen molar-refractivity contribution in [2.24, 2.45) is 0 Å². The smallest absolute Gasteiger partial charge is 0.240 e. The van der Waals surface area contributed by atoms with Crippen LogP contribution in [0, 0.1) is 5.82 Å². The lowest BCUT2D eigenvalue weighted by Gasteiger charge is -2.07. The van der Waals surface area contributed by atoms with E-state index in [0.29, 0.717) is 22.2 Å². The largest absolute Gasteiger partial charge is 0.268 e. The lowest BCUT2D eigenvalue weighted by molar-refractivity contribution is 0.589. The molecule has 3 heterocycles. The van der Waals surface area contributed by atoms with Crippen molar-refractivity contribution in [2.45, 2.75) is 4.90 Å². The summed E-state index contributed by atoms with van der Waals surface area (Å²) in [5.74, 6) is -0.549. The van der Waals surface area contributed by atoms with Crippen LogP contribution in [0.5, 0.6) is 0 Å². The van der Waals surface area contributed by atoms with Gasteiger partial charge in [0.05, 0.1) is 16.6 Å². The molecule has 0 fully saturated rings. The third-order valence-corrected chi connectivity index (χ3v) is 7.02. The van der Waals surface area contributed by atoms with Gasteiger partial charge in [0.15, 0.2) is 10.3 Å². The molecule has 0 aliphatic heterocycles. The molecular formula is C21H12Cl2FN5O2S. The second-order valence-electron chi connectivity index (χ2n) is 6.83. The van der Waals surface area contributed by atoms with E-state index >= 15 is 0 Å². The average Bonchev–Trinajstić information content (AvgIpc) is 3.41. The fraction of sp³-hybridized carbons (Fsp3) is 0. The molecule has 5 rings (SSSR count). The van der Waals surface area contributed by atoms with Gasteiger partial charge in [-0.05, 0) is 30.3 Å². The summed E-state index contributed by atoms with van der Waals surface area (Å²) >= 11 is 12.0. The summed E-state index contributed by atoms with van der Waals surface area (Å²) in [7, 11) is -3.96. The van der Waals surface area contributed by atoms with E-state index in [1.807, 2.05) is 0 Å².